The van der Waals surface area contributed by atoms with Crippen LogP contribution < -0.4 is 5.32 Å². The molecule has 458 valence electrons. The SMILES string of the molecule is CCCCC/C=C\C/C=C\CCCCCCCC(=O)OCCCCCCCCCCC/C=C\C/C=C\CCCCCCCCCCCCCC(=O)NC(CO)C(O)CCCCCCCCCCCCCCCCCCCCC. The summed E-state index contributed by atoms with van der Waals surface area (Å²) in [5.74, 6) is -0.0385. The minimum atomic E-state index is -0.668. The lowest BCUT2D eigenvalue weighted by Crippen LogP contribution is -2.45. The largest absolute Gasteiger partial charge is 0.466 e. The first-order valence-corrected chi connectivity index (χ1v) is 34.9. The van der Waals surface area contributed by atoms with Gasteiger partial charge >= 0.3 is 5.97 Å². The molecule has 0 spiro atoms. The number of ether oxygens (including phenoxy) is 1. The van der Waals surface area contributed by atoms with Gasteiger partial charge in [-0.15, -0.1) is 0 Å². The molecule has 0 saturated carbocycles. The van der Waals surface area contributed by atoms with Gasteiger partial charge < -0.3 is 20.3 Å². The average Bonchev–Trinajstić information content (AvgIpc) is 3.44. The van der Waals surface area contributed by atoms with Crippen LogP contribution in [-0.2, 0) is 14.3 Å². The second kappa shape index (κ2) is 67.3. The van der Waals surface area contributed by atoms with Gasteiger partial charge in [0.25, 0.3) is 0 Å². The van der Waals surface area contributed by atoms with E-state index >= 15 is 0 Å². The summed E-state index contributed by atoms with van der Waals surface area (Å²) in [6.45, 7) is 4.94. The molecule has 0 radical (unpaired) electrons. The van der Waals surface area contributed by atoms with Gasteiger partial charge in [-0.3, -0.25) is 9.59 Å². The standard InChI is InChI=1S/C72H135NO5/c1-3-5-7-9-11-13-15-17-19-20-30-33-37-40-44-48-52-56-60-64-70(75)69(68-74)73-71(76)65-61-57-53-49-45-41-38-34-31-28-26-24-22-21-23-25-27-29-32-35-39-43-47-51-55-59-63-67-78-72(77)66-62-58-54-50-46-42-36-18-16-14-12-10-8-6-4-2/h12,14,18,21-22,25,27,36,69-70,74-75H,3-11,13,15-17,19-20,23-24,26,28-35,37-68H2,1-2H3,(H,73,76)/b14-12-,22-21-,27-25-,36-18-. The van der Waals surface area contributed by atoms with E-state index in [0.717, 1.165) is 57.8 Å². The summed E-state index contributed by atoms with van der Waals surface area (Å²) in [5, 5.41) is 23.4. The maximum atomic E-state index is 12.5. The highest BCUT2D eigenvalue weighted by Gasteiger charge is 2.20. The van der Waals surface area contributed by atoms with E-state index in [0.29, 0.717) is 25.9 Å². The number of carbonyl (C=O) groups excluding carboxylic acids is 2. The normalized spacial score (nSPS) is 12.8. The molecule has 0 bridgehead atoms. The predicted octanol–water partition coefficient (Wildman–Crippen LogP) is 22.5. The molecule has 6 nitrogen and oxygen atoms in total. The molecule has 78 heavy (non-hydrogen) atoms. The number of rotatable bonds is 65. The van der Waals surface area contributed by atoms with E-state index in [-0.39, 0.29) is 18.5 Å². The lowest BCUT2D eigenvalue weighted by atomic mass is 10.0. The first-order valence-electron chi connectivity index (χ1n) is 34.9. The number of carbonyl (C=O) groups is 2. The minimum absolute atomic E-state index is 0.00325. The molecule has 6 heteroatoms. The Kier molecular flexibility index (Phi) is 65.4. The van der Waals surface area contributed by atoms with Gasteiger partial charge in [0.15, 0.2) is 0 Å². The van der Waals surface area contributed by atoms with Crippen molar-refractivity contribution in [2.75, 3.05) is 13.2 Å². The first-order chi connectivity index (χ1) is 38.5. The Hall–Kier alpha value is -2.18. The Bertz CT molecular complexity index is 1310. The average molecular weight is 1090 g/mol. The van der Waals surface area contributed by atoms with Gasteiger partial charge in [0.1, 0.15) is 0 Å². The number of hydrogen-bond donors (Lipinski definition) is 3. The molecule has 0 fully saturated rings. The van der Waals surface area contributed by atoms with Crippen LogP contribution in [-0.4, -0.2) is 47.4 Å². The molecular formula is C72H135NO5. The van der Waals surface area contributed by atoms with E-state index in [1.165, 1.54) is 283 Å². The summed E-state index contributed by atoms with van der Waals surface area (Å²) in [6, 6.07) is -0.545. The van der Waals surface area contributed by atoms with Crippen LogP contribution in [0.1, 0.15) is 373 Å². The van der Waals surface area contributed by atoms with Crippen molar-refractivity contribution in [2.45, 2.75) is 386 Å². The van der Waals surface area contributed by atoms with Gasteiger partial charge in [-0.25, -0.2) is 0 Å². The molecule has 1 amide bonds. The zero-order valence-corrected chi connectivity index (χ0v) is 52.4. The molecule has 0 rings (SSSR count). The highest BCUT2D eigenvalue weighted by Crippen LogP contribution is 2.18. The number of aliphatic hydroxyl groups is 2. The third-order valence-corrected chi connectivity index (χ3v) is 16.1. The van der Waals surface area contributed by atoms with Crippen molar-refractivity contribution in [1.82, 2.24) is 5.32 Å². The van der Waals surface area contributed by atoms with E-state index in [1.807, 2.05) is 0 Å². The number of nitrogens with one attached hydrogen (secondary N) is 1. The lowest BCUT2D eigenvalue weighted by Gasteiger charge is -2.22. The maximum absolute atomic E-state index is 12.5. The van der Waals surface area contributed by atoms with Gasteiger partial charge in [-0.1, -0.05) is 319 Å². The molecule has 2 atom stereocenters. The molecule has 0 aliphatic carbocycles. The van der Waals surface area contributed by atoms with Crippen LogP contribution in [0.4, 0.5) is 0 Å². The fraction of sp³-hybridized carbons (Fsp3) is 0.861. The van der Waals surface area contributed by atoms with Crippen molar-refractivity contribution in [3.8, 4) is 0 Å². The van der Waals surface area contributed by atoms with Crippen LogP contribution >= 0.6 is 0 Å². The maximum Gasteiger partial charge on any atom is 0.305 e. The van der Waals surface area contributed by atoms with Crippen molar-refractivity contribution in [3.05, 3.63) is 48.6 Å². The Morgan fingerprint density at radius 1 is 0.359 bits per heavy atom. The summed E-state index contributed by atoms with van der Waals surface area (Å²) in [5.41, 5.74) is 0. The monoisotopic (exact) mass is 1090 g/mol. The molecule has 0 saturated heterocycles. The van der Waals surface area contributed by atoms with Crippen LogP contribution in [0, 0.1) is 0 Å². The molecule has 0 aliphatic rings. The second-order valence-electron chi connectivity index (χ2n) is 23.9. The highest BCUT2D eigenvalue weighted by atomic mass is 16.5. The quantitative estimate of drug-likeness (QED) is 0.0320. The number of allylic oxidation sites excluding steroid dienone is 8. The van der Waals surface area contributed by atoms with E-state index in [1.54, 1.807) is 0 Å². The third kappa shape index (κ3) is 63.0. The smallest absolute Gasteiger partial charge is 0.305 e. The van der Waals surface area contributed by atoms with Crippen LogP contribution in [0.25, 0.3) is 0 Å². The number of aliphatic hydroxyl groups excluding tert-OH is 2. The van der Waals surface area contributed by atoms with Crippen molar-refractivity contribution in [2.24, 2.45) is 0 Å². The fourth-order valence-corrected chi connectivity index (χ4v) is 10.8. The number of hydrogen-bond acceptors (Lipinski definition) is 5. The predicted molar refractivity (Wildman–Crippen MR) is 342 cm³/mol. The molecule has 0 heterocycles. The minimum Gasteiger partial charge on any atom is -0.466 e. The summed E-state index contributed by atoms with van der Waals surface area (Å²) < 4.78 is 5.48. The topological polar surface area (TPSA) is 95.9 Å². The van der Waals surface area contributed by atoms with Crippen LogP contribution in [0.3, 0.4) is 0 Å². The van der Waals surface area contributed by atoms with Crippen molar-refractivity contribution in [3.63, 3.8) is 0 Å². The first kappa shape index (κ1) is 75.8. The van der Waals surface area contributed by atoms with Gasteiger partial charge in [0, 0.05) is 12.8 Å². The van der Waals surface area contributed by atoms with Gasteiger partial charge in [-0.2, -0.15) is 0 Å². The Morgan fingerprint density at radius 2 is 0.641 bits per heavy atom. The van der Waals surface area contributed by atoms with Crippen molar-refractivity contribution in [1.29, 1.82) is 0 Å². The van der Waals surface area contributed by atoms with E-state index in [9.17, 15) is 19.8 Å². The van der Waals surface area contributed by atoms with E-state index in [2.05, 4.69) is 67.8 Å². The molecule has 0 aromatic heterocycles. The molecule has 0 aromatic carbocycles. The zero-order valence-electron chi connectivity index (χ0n) is 52.4. The van der Waals surface area contributed by atoms with Gasteiger partial charge in [0.05, 0.1) is 25.4 Å². The molecule has 2 unspecified atom stereocenters. The molecule has 0 aliphatic heterocycles. The summed E-state index contributed by atoms with van der Waals surface area (Å²) >= 11 is 0. The van der Waals surface area contributed by atoms with Gasteiger partial charge in [-0.05, 0) is 89.9 Å². The zero-order chi connectivity index (χ0) is 56.4. The number of esters is 1. The van der Waals surface area contributed by atoms with Gasteiger partial charge in [0.2, 0.25) is 5.91 Å². The van der Waals surface area contributed by atoms with Crippen molar-refractivity contribution >= 4 is 11.9 Å². The highest BCUT2D eigenvalue weighted by molar-refractivity contribution is 5.76. The summed E-state index contributed by atoms with van der Waals surface area (Å²) in [7, 11) is 0. The van der Waals surface area contributed by atoms with Crippen molar-refractivity contribution < 1.29 is 24.5 Å². The molecule has 3 N–H and O–H groups in total. The second-order valence-corrected chi connectivity index (χ2v) is 23.9. The van der Waals surface area contributed by atoms with Crippen LogP contribution in [0.15, 0.2) is 48.6 Å². The number of amides is 1. The van der Waals surface area contributed by atoms with E-state index in [4.69, 9.17) is 4.74 Å². The Morgan fingerprint density at radius 3 is 1.00 bits per heavy atom. The number of unbranched alkanes of at least 4 members (excludes halogenated alkanes) is 46. The van der Waals surface area contributed by atoms with E-state index < -0.39 is 12.1 Å². The molecular weight excluding hydrogens is 959 g/mol. The Labute approximate surface area is 486 Å². The van der Waals surface area contributed by atoms with Crippen LogP contribution in [0.2, 0.25) is 0 Å². The summed E-state index contributed by atoms with van der Waals surface area (Å²) in [4.78, 5) is 24.6. The molecule has 0 aromatic rings. The third-order valence-electron chi connectivity index (χ3n) is 16.1. The summed E-state index contributed by atoms with van der Waals surface area (Å²) in [6.07, 6.45) is 87.2. The fourth-order valence-electron chi connectivity index (χ4n) is 10.8. The lowest BCUT2D eigenvalue weighted by molar-refractivity contribution is -0.143. The Balaban J connectivity index is 3.43. The van der Waals surface area contributed by atoms with Crippen LogP contribution in [0.5, 0.6) is 0 Å².